The molecule has 19 heavy (non-hydrogen) atoms. The van der Waals surface area contributed by atoms with Crippen molar-refractivity contribution >= 4 is 11.5 Å². The third-order valence-corrected chi connectivity index (χ3v) is 2.55. The van der Waals surface area contributed by atoms with Crippen LogP contribution in [0.4, 0.5) is 11.5 Å². The second-order valence-corrected chi connectivity index (χ2v) is 4.10. The zero-order valence-electron chi connectivity index (χ0n) is 10.5. The van der Waals surface area contributed by atoms with E-state index in [1.807, 2.05) is 0 Å². The zero-order valence-corrected chi connectivity index (χ0v) is 10.5. The predicted molar refractivity (Wildman–Crippen MR) is 68.8 cm³/mol. The summed E-state index contributed by atoms with van der Waals surface area (Å²) in [5.41, 5.74) is 0.763. The summed E-state index contributed by atoms with van der Waals surface area (Å²) in [6.07, 6.45) is 4.56. The van der Waals surface area contributed by atoms with Gasteiger partial charge >= 0.3 is 5.69 Å². The van der Waals surface area contributed by atoms with Gasteiger partial charge in [-0.2, -0.15) is 5.10 Å². The molecule has 0 aliphatic rings. The summed E-state index contributed by atoms with van der Waals surface area (Å²) in [5.74, 6) is 1.10. The average Bonchev–Trinajstić information content (AvgIpc) is 2.89. The highest BCUT2D eigenvalue weighted by Crippen LogP contribution is 2.22. The van der Waals surface area contributed by atoms with E-state index in [9.17, 15) is 10.1 Å². The number of aryl methyl sites for hydroxylation is 2. The maximum absolute atomic E-state index is 10.9. The molecule has 0 aliphatic carbocycles. The summed E-state index contributed by atoms with van der Waals surface area (Å²) in [6, 6.07) is 1.51. The molecule has 8 nitrogen and oxygen atoms in total. The third kappa shape index (κ3) is 3.47. The first-order valence-corrected chi connectivity index (χ1v) is 5.86. The Morgan fingerprint density at radius 2 is 2.32 bits per heavy atom. The fraction of sp³-hybridized carbons (Fsp3) is 0.364. The number of H-pyrrole nitrogens is 1. The highest BCUT2D eigenvalue weighted by molar-refractivity contribution is 5.56. The number of hydrogen-bond donors (Lipinski definition) is 2. The third-order valence-electron chi connectivity index (χ3n) is 2.55. The van der Waals surface area contributed by atoms with E-state index >= 15 is 0 Å². The Balaban J connectivity index is 1.90. The van der Waals surface area contributed by atoms with Crippen LogP contribution in [0, 0.1) is 17.0 Å². The second kappa shape index (κ2) is 5.89. The summed E-state index contributed by atoms with van der Waals surface area (Å²) >= 11 is 0. The van der Waals surface area contributed by atoms with Gasteiger partial charge in [-0.1, -0.05) is 0 Å². The lowest BCUT2D eigenvalue weighted by Gasteiger charge is -2.05. The van der Waals surface area contributed by atoms with Gasteiger partial charge in [0.25, 0.3) is 0 Å². The Morgan fingerprint density at radius 3 is 3.00 bits per heavy atom. The van der Waals surface area contributed by atoms with E-state index in [-0.39, 0.29) is 5.69 Å². The summed E-state index contributed by atoms with van der Waals surface area (Å²) in [5, 5.41) is 20.4. The molecule has 0 unspecified atom stereocenters. The highest BCUT2D eigenvalue weighted by Gasteiger charge is 2.14. The average molecular weight is 262 g/mol. The van der Waals surface area contributed by atoms with E-state index in [0.717, 1.165) is 24.2 Å². The van der Waals surface area contributed by atoms with Crippen LogP contribution in [0.1, 0.15) is 17.8 Å². The molecule has 0 bridgehead atoms. The Hall–Kier alpha value is -2.51. The van der Waals surface area contributed by atoms with Gasteiger partial charge in [-0.25, -0.2) is 9.97 Å². The number of pyridine rings is 1. The second-order valence-electron chi connectivity index (χ2n) is 4.10. The van der Waals surface area contributed by atoms with E-state index in [4.69, 9.17) is 0 Å². The van der Waals surface area contributed by atoms with Crippen molar-refractivity contribution in [3.8, 4) is 0 Å². The van der Waals surface area contributed by atoms with Crippen LogP contribution in [0.3, 0.4) is 0 Å². The Bertz CT molecular complexity index is 554. The molecule has 2 heterocycles. The molecule has 2 rings (SSSR count). The van der Waals surface area contributed by atoms with Crippen LogP contribution in [-0.2, 0) is 6.42 Å². The van der Waals surface area contributed by atoms with Gasteiger partial charge in [-0.05, 0) is 18.9 Å². The van der Waals surface area contributed by atoms with E-state index in [1.165, 1.54) is 12.4 Å². The van der Waals surface area contributed by atoms with Crippen LogP contribution < -0.4 is 5.32 Å². The number of nitrogens with zero attached hydrogens (tertiary/aromatic N) is 4. The molecule has 0 radical (unpaired) electrons. The van der Waals surface area contributed by atoms with Crippen molar-refractivity contribution in [1.82, 2.24) is 20.2 Å². The number of anilines is 1. The predicted octanol–water partition coefficient (Wildman–Crippen LogP) is 1.46. The van der Waals surface area contributed by atoms with Crippen LogP contribution in [0.25, 0.3) is 0 Å². The molecule has 0 fully saturated rings. The van der Waals surface area contributed by atoms with Crippen LogP contribution in [-0.4, -0.2) is 31.6 Å². The van der Waals surface area contributed by atoms with Gasteiger partial charge < -0.3 is 5.32 Å². The summed E-state index contributed by atoms with van der Waals surface area (Å²) in [4.78, 5) is 18.5. The quantitative estimate of drug-likeness (QED) is 0.463. The lowest BCUT2D eigenvalue weighted by Crippen LogP contribution is -2.07. The molecule has 0 saturated heterocycles. The lowest BCUT2D eigenvalue weighted by molar-refractivity contribution is -0.384. The number of aromatic amines is 1. The largest absolute Gasteiger partial charge is 0.364 e. The van der Waals surface area contributed by atoms with Gasteiger partial charge in [-0.15, -0.1) is 0 Å². The molecule has 8 heteroatoms. The van der Waals surface area contributed by atoms with E-state index in [2.05, 4.69) is 25.5 Å². The molecular formula is C11H14N6O2. The first-order valence-electron chi connectivity index (χ1n) is 5.86. The number of nitrogens with one attached hydrogen (secondary N) is 2. The molecule has 0 saturated carbocycles. The molecule has 2 N–H and O–H groups in total. The molecular weight excluding hydrogens is 248 g/mol. The van der Waals surface area contributed by atoms with Crippen molar-refractivity contribution in [2.45, 2.75) is 19.8 Å². The van der Waals surface area contributed by atoms with Gasteiger partial charge in [0, 0.05) is 25.2 Å². The smallest absolute Gasteiger partial charge is 0.311 e. The first-order chi connectivity index (χ1) is 9.16. The number of hydrogen-bond acceptors (Lipinski definition) is 6. The van der Waals surface area contributed by atoms with Gasteiger partial charge in [-0.3, -0.25) is 15.2 Å². The molecule has 0 aromatic carbocycles. The fourth-order valence-electron chi connectivity index (χ4n) is 1.64. The van der Waals surface area contributed by atoms with Crippen molar-refractivity contribution in [3.05, 3.63) is 40.1 Å². The normalized spacial score (nSPS) is 10.4. The van der Waals surface area contributed by atoms with Crippen molar-refractivity contribution < 1.29 is 4.92 Å². The van der Waals surface area contributed by atoms with Crippen LogP contribution in [0.2, 0.25) is 0 Å². The summed E-state index contributed by atoms with van der Waals surface area (Å²) in [6.45, 7) is 2.35. The van der Waals surface area contributed by atoms with Gasteiger partial charge in [0.2, 0.25) is 5.82 Å². The SMILES string of the molecule is Cc1cnc(NCCCc2ncn[nH]2)c([N+](=O)[O-])c1. The van der Waals surface area contributed by atoms with Gasteiger partial charge in [0.15, 0.2) is 0 Å². The molecule has 2 aromatic heterocycles. The number of aromatic nitrogens is 4. The molecule has 0 aliphatic heterocycles. The fourth-order valence-corrected chi connectivity index (χ4v) is 1.64. The summed E-state index contributed by atoms with van der Waals surface area (Å²) in [7, 11) is 0. The molecule has 0 spiro atoms. The van der Waals surface area contributed by atoms with Gasteiger partial charge in [0.05, 0.1) is 4.92 Å². The van der Waals surface area contributed by atoms with E-state index in [1.54, 1.807) is 13.1 Å². The zero-order chi connectivity index (χ0) is 13.7. The highest BCUT2D eigenvalue weighted by atomic mass is 16.6. The Morgan fingerprint density at radius 1 is 1.47 bits per heavy atom. The minimum Gasteiger partial charge on any atom is -0.364 e. The Kier molecular flexibility index (Phi) is 4.01. The van der Waals surface area contributed by atoms with Crippen LogP contribution in [0.15, 0.2) is 18.6 Å². The van der Waals surface area contributed by atoms with Gasteiger partial charge in [0.1, 0.15) is 12.2 Å². The standard InChI is InChI=1S/C11H14N6O2/c1-8-5-9(17(18)19)11(13-6-8)12-4-2-3-10-14-7-15-16-10/h5-7H,2-4H2,1H3,(H,12,13)(H,14,15,16). The lowest BCUT2D eigenvalue weighted by atomic mass is 10.2. The maximum atomic E-state index is 10.9. The Labute approximate surface area is 109 Å². The topological polar surface area (TPSA) is 110 Å². The molecule has 2 aromatic rings. The first kappa shape index (κ1) is 12.9. The number of rotatable bonds is 6. The molecule has 100 valence electrons. The number of nitro groups is 1. The minimum absolute atomic E-state index is 0.000310. The van der Waals surface area contributed by atoms with E-state index in [0.29, 0.717) is 12.4 Å². The molecule has 0 atom stereocenters. The van der Waals surface area contributed by atoms with Crippen LogP contribution >= 0.6 is 0 Å². The van der Waals surface area contributed by atoms with Crippen molar-refractivity contribution in [1.29, 1.82) is 0 Å². The van der Waals surface area contributed by atoms with Crippen LogP contribution in [0.5, 0.6) is 0 Å². The minimum atomic E-state index is -0.432. The maximum Gasteiger partial charge on any atom is 0.311 e. The van der Waals surface area contributed by atoms with E-state index < -0.39 is 4.92 Å². The van der Waals surface area contributed by atoms with Crippen molar-refractivity contribution in [3.63, 3.8) is 0 Å². The monoisotopic (exact) mass is 262 g/mol. The van der Waals surface area contributed by atoms with Crippen molar-refractivity contribution in [2.75, 3.05) is 11.9 Å². The molecule has 0 amide bonds. The summed E-state index contributed by atoms with van der Waals surface area (Å²) < 4.78 is 0. The van der Waals surface area contributed by atoms with Crippen molar-refractivity contribution in [2.24, 2.45) is 0 Å².